The van der Waals surface area contributed by atoms with Gasteiger partial charge in [-0.05, 0) is 104 Å². The third kappa shape index (κ3) is 3.37. The number of ether oxygens (including phenoxy) is 1. The van der Waals surface area contributed by atoms with E-state index in [1.54, 1.807) is 0 Å². The first-order valence-electron chi connectivity index (χ1n) is 12.2. The number of nitrogens with two attached hydrogens (primary N) is 1. The van der Waals surface area contributed by atoms with E-state index in [1.807, 2.05) is 0 Å². The van der Waals surface area contributed by atoms with Crippen molar-refractivity contribution in [2.45, 2.75) is 97.1 Å². The summed E-state index contributed by atoms with van der Waals surface area (Å²) in [6.45, 7) is 7.21. The molecule has 0 saturated heterocycles. The van der Waals surface area contributed by atoms with Crippen molar-refractivity contribution in [2.75, 3.05) is 7.11 Å². The topological polar surface area (TPSA) is 72.5 Å². The van der Waals surface area contributed by atoms with Crippen molar-refractivity contribution in [3.63, 3.8) is 0 Å². The first kappa shape index (κ1) is 21.6. The maximum Gasteiger partial charge on any atom is 0.305 e. The Balaban J connectivity index is 1.53. The fourth-order valence-electron chi connectivity index (χ4n) is 8.86. The zero-order valence-corrected chi connectivity index (χ0v) is 19.0. The van der Waals surface area contributed by atoms with Crippen molar-refractivity contribution in [3.8, 4) is 0 Å². The highest BCUT2D eigenvalue weighted by Gasteiger charge is 2.63. The third-order valence-corrected chi connectivity index (χ3v) is 10.6. The van der Waals surface area contributed by atoms with Crippen LogP contribution in [0.1, 0.15) is 85.0 Å². The number of carbonyl (C=O) groups excluding carboxylic acids is 1. The number of rotatable bonds is 4. The van der Waals surface area contributed by atoms with E-state index >= 15 is 0 Å². The summed E-state index contributed by atoms with van der Waals surface area (Å²) in [5.74, 6) is 3.66. The maximum atomic E-state index is 11.7. The molecule has 0 aromatic carbocycles. The molecule has 4 saturated carbocycles. The van der Waals surface area contributed by atoms with E-state index < -0.39 is 0 Å². The summed E-state index contributed by atoms with van der Waals surface area (Å²) in [6, 6.07) is 0.384. The van der Waals surface area contributed by atoms with Crippen molar-refractivity contribution in [1.29, 1.82) is 0 Å². The Bertz CT molecular complexity index is 623. The van der Waals surface area contributed by atoms with Gasteiger partial charge in [0.05, 0.1) is 13.2 Å². The van der Waals surface area contributed by atoms with E-state index in [1.165, 1.54) is 45.6 Å². The molecule has 4 aliphatic rings. The highest BCUT2D eigenvalue weighted by Crippen LogP contribution is 2.68. The van der Waals surface area contributed by atoms with Gasteiger partial charge in [-0.2, -0.15) is 0 Å². The SMILES string of the molecule is COC(=O)CCC(C)[C@H]1CCC2C3CCC4CC(N)CC[C@]4(C)C3CC(O)[C@@]21C. The van der Waals surface area contributed by atoms with Crippen LogP contribution in [0.5, 0.6) is 0 Å². The summed E-state index contributed by atoms with van der Waals surface area (Å²) in [7, 11) is 1.47. The van der Waals surface area contributed by atoms with Crippen LogP contribution < -0.4 is 5.73 Å². The molecule has 4 nitrogen and oxygen atoms in total. The van der Waals surface area contributed by atoms with Gasteiger partial charge in [0.1, 0.15) is 0 Å². The molecular formula is C25H43NO3. The average Bonchev–Trinajstić information content (AvgIpc) is 3.06. The Kier molecular flexibility index (Phi) is 5.83. The number of methoxy groups -OCH3 is 1. The van der Waals surface area contributed by atoms with Crippen LogP contribution in [0, 0.1) is 46.3 Å². The first-order chi connectivity index (χ1) is 13.7. The number of aliphatic hydroxyl groups excluding tert-OH is 1. The van der Waals surface area contributed by atoms with Gasteiger partial charge in [-0.1, -0.05) is 20.8 Å². The molecule has 166 valence electrons. The van der Waals surface area contributed by atoms with E-state index in [0.29, 0.717) is 41.5 Å². The minimum atomic E-state index is -0.215. The van der Waals surface area contributed by atoms with Crippen LogP contribution >= 0.6 is 0 Å². The van der Waals surface area contributed by atoms with Gasteiger partial charge in [0.15, 0.2) is 0 Å². The average molecular weight is 406 g/mol. The van der Waals surface area contributed by atoms with Gasteiger partial charge in [0.25, 0.3) is 0 Å². The predicted molar refractivity (Wildman–Crippen MR) is 115 cm³/mol. The number of aliphatic hydroxyl groups is 1. The number of fused-ring (bicyclic) bond motifs is 5. The van der Waals surface area contributed by atoms with Crippen molar-refractivity contribution >= 4 is 5.97 Å². The van der Waals surface area contributed by atoms with E-state index in [0.717, 1.165) is 31.1 Å². The predicted octanol–water partition coefficient (Wildman–Crippen LogP) is 4.53. The lowest BCUT2D eigenvalue weighted by molar-refractivity contribution is -0.169. The maximum absolute atomic E-state index is 11.7. The summed E-state index contributed by atoms with van der Waals surface area (Å²) in [4.78, 5) is 11.7. The van der Waals surface area contributed by atoms with E-state index in [2.05, 4.69) is 20.8 Å². The van der Waals surface area contributed by atoms with Crippen LogP contribution in [0.3, 0.4) is 0 Å². The molecule has 4 fully saturated rings. The minimum absolute atomic E-state index is 0.00493. The lowest BCUT2D eigenvalue weighted by atomic mass is 9.43. The molecular weight excluding hydrogens is 362 g/mol. The quantitative estimate of drug-likeness (QED) is 0.674. The minimum Gasteiger partial charge on any atom is -0.469 e. The van der Waals surface area contributed by atoms with Gasteiger partial charge in [0.2, 0.25) is 0 Å². The molecule has 0 amide bonds. The lowest BCUT2D eigenvalue weighted by Crippen LogP contribution is -2.59. The Morgan fingerprint density at radius 3 is 2.62 bits per heavy atom. The molecule has 4 heteroatoms. The standard InChI is InChI=1S/C25H43NO3/c1-15(5-10-23(28)29-4)19-8-9-20-18-7-6-16-13-17(26)11-12-24(16,2)21(18)14-22(27)25(19,20)3/h15-22,27H,5-14,26H2,1-4H3/t15?,16?,17?,18?,19-,20?,21?,22?,24+,25-/m1/s1. The highest BCUT2D eigenvalue weighted by atomic mass is 16.5. The van der Waals surface area contributed by atoms with Crippen molar-refractivity contribution in [1.82, 2.24) is 0 Å². The number of hydrogen-bond donors (Lipinski definition) is 2. The van der Waals surface area contributed by atoms with Crippen molar-refractivity contribution < 1.29 is 14.6 Å². The Morgan fingerprint density at radius 1 is 1.14 bits per heavy atom. The normalized spacial score (nSPS) is 50.2. The number of carbonyl (C=O) groups is 1. The monoisotopic (exact) mass is 405 g/mol. The molecule has 4 rings (SSSR count). The summed E-state index contributed by atoms with van der Waals surface area (Å²) < 4.78 is 4.86. The van der Waals surface area contributed by atoms with Gasteiger partial charge in [-0.15, -0.1) is 0 Å². The molecule has 0 heterocycles. The third-order valence-electron chi connectivity index (χ3n) is 10.6. The second-order valence-electron chi connectivity index (χ2n) is 11.6. The molecule has 10 atom stereocenters. The largest absolute Gasteiger partial charge is 0.469 e. The molecule has 0 aliphatic heterocycles. The molecule has 0 spiro atoms. The van der Waals surface area contributed by atoms with Gasteiger partial charge in [0, 0.05) is 12.5 Å². The number of esters is 1. The smallest absolute Gasteiger partial charge is 0.305 e. The van der Waals surface area contributed by atoms with Gasteiger partial charge >= 0.3 is 5.97 Å². The molecule has 3 N–H and O–H groups in total. The fourth-order valence-corrected chi connectivity index (χ4v) is 8.86. The summed E-state index contributed by atoms with van der Waals surface area (Å²) in [5.41, 5.74) is 6.71. The lowest BCUT2D eigenvalue weighted by Gasteiger charge is -2.62. The van der Waals surface area contributed by atoms with Crippen LogP contribution in [0.4, 0.5) is 0 Å². The molecule has 7 unspecified atom stereocenters. The zero-order valence-electron chi connectivity index (χ0n) is 19.0. The number of hydrogen-bond acceptors (Lipinski definition) is 4. The van der Waals surface area contributed by atoms with Gasteiger partial charge < -0.3 is 15.6 Å². The Hall–Kier alpha value is -0.610. The molecule has 4 aliphatic carbocycles. The second-order valence-corrected chi connectivity index (χ2v) is 11.6. The highest BCUT2D eigenvalue weighted by molar-refractivity contribution is 5.69. The van der Waals surface area contributed by atoms with Gasteiger partial charge in [-0.3, -0.25) is 4.79 Å². The van der Waals surface area contributed by atoms with Crippen LogP contribution in [0.2, 0.25) is 0 Å². The van der Waals surface area contributed by atoms with E-state index in [-0.39, 0.29) is 17.5 Å². The molecule has 0 aromatic heterocycles. The van der Waals surface area contributed by atoms with Gasteiger partial charge in [-0.25, -0.2) is 0 Å². The zero-order chi connectivity index (χ0) is 21.0. The fraction of sp³-hybridized carbons (Fsp3) is 0.960. The molecule has 0 bridgehead atoms. The summed E-state index contributed by atoms with van der Waals surface area (Å²) >= 11 is 0. The molecule has 0 aromatic rings. The first-order valence-corrected chi connectivity index (χ1v) is 12.2. The van der Waals surface area contributed by atoms with E-state index in [4.69, 9.17) is 10.5 Å². The van der Waals surface area contributed by atoms with Crippen molar-refractivity contribution in [2.24, 2.45) is 52.1 Å². The van der Waals surface area contributed by atoms with Crippen LogP contribution in [-0.2, 0) is 9.53 Å². The Labute approximate surface area is 177 Å². The Morgan fingerprint density at radius 2 is 1.90 bits per heavy atom. The summed E-state index contributed by atoms with van der Waals surface area (Å²) in [6.07, 6.45) is 10.8. The van der Waals surface area contributed by atoms with Crippen LogP contribution in [0.25, 0.3) is 0 Å². The van der Waals surface area contributed by atoms with E-state index in [9.17, 15) is 9.90 Å². The second kappa shape index (κ2) is 7.82. The van der Waals surface area contributed by atoms with Crippen LogP contribution in [-0.4, -0.2) is 30.3 Å². The van der Waals surface area contributed by atoms with Crippen LogP contribution in [0.15, 0.2) is 0 Å². The summed E-state index contributed by atoms with van der Waals surface area (Å²) in [5, 5.41) is 11.6. The molecule has 29 heavy (non-hydrogen) atoms. The molecule has 0 radical (unpaired) electrons. The van der Waals surface area contributed by atoms with Crippen molar-refractivity contribution in [3.05, 3.63) is 0 Å².